The minimum Gasteiger partial charge on any atom is -0.445 e. The third-order valence-corrected chi connectivity index (χ3v) is 1.56. The third kappa shape index (κ3) is 1.42. The second-order valence-corrected chi connectivity index (χ2v) is 2.96. The van der Waals surface area contributed by atoms with Gasteiger partial charge in [0, 0.05) is 0 Å². The Kier molecular flexibility index (Phi) is 1.45. The third-order valence-electron chi connectivity index (χ3n) is 0.745. The van der Waals surface area contributed by atoms with Gasteiger partial charge in [-0.05, 0) is 12.1 Å². The lowest BCUT2D eigenvalue weighted by atomic mass is 10.7. The van der Waals surface area contributed by atoms with Gasteiger partial charge >= 0.3 is 7.60 Å². The van der Waals surface area contributed by atoms with Crippen molar-refractivity contribution in [3.8, 4) is 0 Å². The summed E-state index contributed by atoms with van der Waals surface area (Å²) in [4.78, 5) is 16.8. The monoisotopic (exact) mass is 147 g/mol. The van der Waals surface area contributed by atoms with Crippen LogP contribution in [0.4, 0.5) is 0 Å². The van der Waals surface area contributed by atoms with Gasteiger partial charge < -0.3 is 14.2 Å². The van der Waals surface area contributed by atoms with E-state index in [1.807, 2.05) is 0 Å². The van der Waals surface area contributed by atoms with E-state index in [0.29, 0.717) is 0 Å². The van der Waals surface area contributed by atoms with Gasteiger partial charge in [0.05, 0.1) is 0 Å². The lowest BCUT2D eigenvalue weighted by molar-refractivity contribution is 0.376. The van der Waals surface area contributed by atoms with Crippen molar-refractivity contribution < 1.29 is 18.8 Å². The Morgan fingerprint density at radius 3 is 2.56 bits per heavy atom. The van der Waals surface area contributed by atoms with Crippen LogP contribution < -0.4 is 5.50 Å². The Hall–Kier alpha value is -0.570. The lowest BCUT2D eigenvalue weighted by Crippen LogP contribution is -1.97. The molecule has 0 bridgehead atoms. The van der Waals surface area contributed by atoms with Crippen LogP contribution in [0.25, 0.3) is 0 Å². The van der Waals surface area contributed by atoms with Crippen molar-refractivity contribution in [1.29, 1.82) is 0 Å². The van der Waals surface area contributed by atoms with E-state index in [2.05, 4.69) is 10.7 Å². The molecule has 0 unspecified atom stereocenters. The molecule has 4 nitrogen and oxygen atoms in total. The van der Waals surface area contributed by atoms with Crippen LogP contribution in [-0.4, -0.2) is 9.79 Å². The summed E-state index contributed by atoms with van der Waals surface area (Å²) in [5.74, 6) is 0. The van der Waals surface area contributed by atoms with Crippen LogP contribution >= 0.6 is 7.60 Å². The van der Waals surface area contributed by atoms with Gasteiger partial charge in [0.15, 0.2) is 6.26 Å². The average molecular weight is 147 g/mol. The molecule has 0 spiro atoms. The molecule has 2 N–H and O–H groups in total. The normalized spacial score (nSPS) is 11.8. The second kappa shape index (κ2) is 1.99. The Balaban J connectivity index is 3.04. The van der Waals surface area contributed by atoms with E-state index >= 15 is 0 Å². The predicted molar refractivity (Wildman–Crippen MR) is 29.2 cm³/mol. The Morgan fingerprint density at radius 1 is 1.67 bits per heavy atom. The molecule has 1 radical (unpaired) electrons. The maximum Gasteiger partial charge on any atom is 0.391 e. The molecular formula is C4H4O4P. The van der Waals surface area contributed by atoms with Crippen LogP contribution in [0.15, 0.2) is 16.5 Å². The molecule has 0 amide bonds. The molecule has 0 fully saturated rings. The zero-order chi connectivity index (χ0) is 6.91. The molecule has 1 heterocycles. The van der Waals surface area contributed by atoms with Gasteiger partial charge in [-0.1, -0.05) is 0 Å². The van der Waals surface area contributed by atoms with Gasteiger partial charge in [-0.3, -0.25) is 4.57 Å². The highest BCUT2D eigenvalue weighted by molar-refractivity contribution is 7.59. The first-order valence-electron chi connectivity index (χ1n) is 2.13. The first-order chi connectivity index (χ1) is 4.11. The molecule has 1 rings (SSSR count). The van der Waals surface area contributed by atoms with E-state index < -0.39 is 7.60 Å². The van der Waals surface area contributed by atoms with Crippen molar-refractivity contribution in [1.82, 2.24) is 0 Å². The molecule has 0 atom stereocenters. The van der Waals surface area contributed by atoms with Crippen molar-refractivity contribution in [3.63, 3.8) is 0 Å². The zero-order valence-electron chi connectivity index (χ0n) is 4.31. The molecule has 49 valence electrons. The molecule has 0 saturated carbocycles. The topological polar surface area (TPSA) is 70.7 Å². The maximum atomic E-state index is 10.3. The van der Waals surface area contributed by atoms with E-state index in [4.69, 9.17) is 9.79 Å². The van der Waals surface area contributed by atoms with E-state index in [9.17, 15) is 4.57 Å². The van der Waals surface area contributed by atoms with Crippen molar-refractivity contribution in [2.45, 2.75) is 0 Å². The molecule has 0 aromatic carbocycles. The highest BCUT2D eigenvalue weighted by Crippen LogP contribution is 2.32. The van der Waals surface area contributed by atoms with Crippen molar-refractivity contribution >= 4 is 13.1 Å². The molecule has 1 aromatic rings. The molecule has 0 aliphatic carbocycles. The summed E-state index contributed by atoms with van der Waals surface area (Å²) >= 11 is 0. The molecule has 9 heavy (non-hydrogen) atoms. The van der Waals surface area contributed by atoms with Crippen molar-refractivity contribution in [2.24, 2.45) is 0 Å². The lowest BCUT2D eigenvalue weighted by Gasteiger charge is -1.94. The number of hydrogen-bond donors (Lipinski definition) is 2. The molecule has 5 heteroatoms. The van der Waals surface area contributed by atoms with Gasteiger partial charge in [0.2, 0.25) is 5.50 Å². The minimum absolute atomic E-state index is 0.345. The Bertz CT molecular complexity index is 221. The highest BCUT2D eigenvalue weighted by atomic mass is 31.2. The van der Waals surface area contributed by atoms with Gasteiger partial charge in [-0.15, -0.1) is 0 Å². The number of rotatable bonds is 1. The first-order valence-corrected chi connectivity index (χ1v) is 3.74. The predicted octanol–water partition coefficient (Wildman–Crippen LogP) is -0.117. The first kappa shape index (κ1) is 6.55. The fourth-order valence-corrected chi connectivity index (χ4v) is 0.831. The number of hydrogen-bond acceptors (Lipinski definition) is 2. The summed E-state index contributed by atoms with van der Waals surface area (Å²) in [5, 5.41) is 0. The van der Waals surface area contributed by atoms with Crippen LogP contribution in [0.3, 0.4) is 0 Å². The van der Waals surface area contributed by atoms with Crippen LogP contribution in [0.2, 0.25) is 0 Å². The van der Waals surface area contributed by atoms with Gasteiger partial charge in [-0.25, -0.2) is 0 Å². The van der Waals surface area contributed by atoms with Crippen molar-refractivity contribution in [2.75, 3.05) is 0 Å². The standard InChI is InChI=1S/C4H4O4P/c5-9(6,7)4-2-1-3-8-4/h1-2H,(H2,5,6,7). The summed E-state index contributed by atoms with van der Waals surface area (Å²) in [6.07, 6.45) is 2.17. The fraction of sp³-hybridized carbons (Fsp3) is 0. The van der Waals surface area contributed by atoms with E-state index in [1.165, 1.54) is 12.1 Å². The summed E-state index contributed by atoms with van der Waals surface area (Å²) in [6.45, 7) is 0. The molecular weight excluding hydrogens is 143 g/mol. The van der Waals surface area contributed by atoms with Gasteiger partial charge in [0.25, 0.3) is 0 Å². The minimum atomic E-state index is -4.17. The summed E-state index contributed by atoms with van der Waals surface area (Å²) in [5.41, 5.74) is -0.345. The maximum absolute atomic E-state index is 10.3. The van der Waals surface area contributed by atoms with Crippen LogP contribution in [0.5, 0.6) is 0 Å². The van der Waals surface area contributed by atoms with E-state index in [-0.39, 0.29) is 5.50 Å². The second-order valence-electron chi connectivity index (χ2n) is 1.44. The van der Waals surface area contributed by atoms with Crippen LogP contribution in [-0.2, 0) is 4.57 Å². The quantitative estimate of drug-likeness (QED) is 0.543. The Labute approximate surface area is 51.3 Å². The zero-order valence-corrected chi connectivity index (χ0v) is 5.21. The molecule has 0 aliphatic rings. The molecule has 0 saturated heterocycles. The summed E-state index contributed by atoms with van der Waals surface area (Å²) < 4.78 is 14.6. The number of furan rings is 1. The highest BCUT2D eigenvalue weighted by Gasteiger charge is 2.19. The summed E-state index contributed by atoms with van der Waals surface area (Å²) in [6, 6.07) is 2.48. The van der Waals surface area contributed by atoms with Crippen LogP contribution in [0, 0.1) is 6.26 Å². The SMILES string of the molecule is O=P(O)(O)c1cc[c]o1. The summed E-state index contributed by atoms with van der Waals surface area (Å²) in [7, 11) is -4.17. The van der Waals surface area contributed by atoms with Crippen molar-refractivity contribution in [3.05, 3.63) is 18.4 Å². The van der Waals surface area contributed by atoms with Gasteiger partial charge in [-0.2, -0.15) is 0 Å². The smallest absolute Gasteiger partial charge is 0.391 e. The molecule has 0 aliphatic heterocycles. The van der Waals surface area contributed by atoms with Crippen LogP contribution in [0.1, 0.15) is 0 Å². The molecule has 1 aromatic heterocycles. The van der Waals surface area contributed by atoms with E-state index in [1.54, 1.807) is 0 Å². The Morgan fingerprint density at radius 2 is 2.33 bits per heavy atom. The average Bonchev–Trinajstić information content (AvgIpc) is 2.08. The van der Waals surface area contributed by atoms with E-state index in [0.717, 1.165) is 0 Å². The van der Waals surface area contributed by atoms with Gasteiger partial charge in [0.1, 0.15) is 0 Å². The largest absolute Gasteiger partial charge is 0.445 e. The fourth-order valence-electron chi connectivity index (χ4n) is 0.390.